The summed E-state index contributed by atoms with van der Waals surface area (Å²) in [7, 11) is 0. The minimum Gasteiger partial charge on any atom is -0.481 e. The van der Waals surface area contributed by atoms with E-state index in [0.717, 1.165) is 6.42 Å². The number of carbonyl (C=O) groups excluding carboxylic acids is 1. The van der Waals surface area contributed by atoms with E-state index in [2.05, 4.69) is 0 Å². The van der Waals surface area contributed by atoms with E-state index in [0.29, 0.717) is 32.8 Å². The molecule has 0 saturated carbocycles. The number of aliphatic carboxylic acids is 1. The van der Waals surface area contributed by atoms with E-state index in [-0.39, 0.29) is 25.0 Å². The summed E-state index contributed by atoms with van der Waals surface area (Å²) in [6.45, 7) is 2.02. The molecular weight excluding hydrogens is 310 g/mol. The van der Waals surface area contributed by atoms with Crippen molar-refractivity contribution in [1.82, 2.24) is 4.90 Å². The van der Waals surface area contributed by atoms with Crippen molar-refractivity contribution in [2.45, 2.75) is 12.8 Å². The van der Waals surface area contributed by atoms with Crippen molar-refractivity contribution in [2.24, 2.45) is 11.3 Å². The molecule has 24 heavy (non-hydrogen) atoms. The highest BCUT2D eigenvalue weighted by Gasteiger charge is 2.54. The molecule has 1 amide bonds. The molecule has 0 aliphatic carbocycles. The van der Waals surface area contributed by atoms with Crippen molar-refractivity contribution in [3.8, 4) is 0 Å². The maximum absolute atomic E-state index is 12.3. The number of hydrogen-bond acceptors (Lipinski definition) is 4. The molecule has 0 spiro atoms. The van der Waals surface area contributed by atoms with Gasteiger partial charge in [0.1, 0.15) is 6.61 Å². The summed E-state index contributed by atoms with van der Waals surface area (Å²) >= 11 is 0. The minimum absolute atomic E-state index is 0.00386. The fraction of sp³-hybridized carbons (Fsp3) is 0.556. The highest BCUT2D eigenvalue weighted by Crippen LogP contribution is 2.42. The number of ether oxygens (including phenoxy) is 2. The lowest BCUT2D eigenvalue weighted by Crippen LogP contribution is -2.45. The maximum atomic E-state index is 12.3. The average molecular weight is 333 g/mol. The third-order valence-corrected chi connectivity index (χ3v) is 5.09. The monoisotopic (exact) mass is 333 g/mol. The summed E-state index contributed by atoms with van der Waals surface area (Å²) < 4.78 is 10.9. The van der Waals surface area contributed by atoms with E-state index in [1.54, 1.807) is 4.90 Å². The van der Waals surface area contributed by atoms with Gasteiger partial charge in [0, 0.05) is 25.6 Å². The van der Waals surface area contributed by atoms with E-state index in [9.17, 15) is 14.7 Å². The molecule has 1 N–H and O–H groups in total. The molecule has 6 heteroatoms. The van der Waals surface area contributed by atoms with Crippen LogP contribution in [0, 0.1) is 11.3 Å². The van der Waals surface area contributed by atoms with Crippen LogP contribution in [-0.2, 0) is 25.5 Å². The van der Waals surface area contributed by atoms with Crippen molar-refractivity contribution in [3.63, 3.8) is 0 Å². The van der Waals surface area contributed by atoms with Gasteiger partial charge in [0.05, 0.1) is 18.6 Å². The molecule has 0 unspecified atom stereocenters. The number of benzene rings is 1. The molecule has 6 nitrogen and oxygen atoms in total. The molecule has 2 fully saturated rings. The molecule has 2 aliphatic rings. The molecule has 2 saturated heterocycles. The van der Waals surface area contributed by atoms with Crippen LogP contribution in [0.3, 0.4) is 0 Å². The molecule has 0 radical (unpaired) electrons. The zero-order valence-corrected chi connectivity index (χ0v) is 13.6. The first kappa shape index (κ1) is 16.9. The quantitative estimate of drug-likeness (QED) is 0.792. The Kier molecular flexibility index (Phi) is 5.16. The number of carboxylic acids is 1. The number of carboxylic acid groups (broad SMARTS) is 1. The third-order valence-electron chi connectivity index (χ3n) is 5.09. The van der Waals surface area contributed by atoms with Crippen LogP contribution in [0.25, 0.3) is 0 Å². The van der Waals surface area contributed by atoms with Crippen LogP contribution in [0.4, 0.5) is 0 Å². The lowest BCUT2D eigenvalue weighted by atomic mass is 9.74. The van der Waals surface area contributed by atoms with Crippen molar-refractivity contribution in [2.75, 3.05) is 39.5 Å². The van der Waals surface area contributed by atoms with Gasteiger partial charge in [-0.3, -0.25) is 9.59 Å². The summed E-state index contributed by atoms with van der Waals surface area (Å²) in [5, 5.41) is 9.61. The summed E-state index contributed by atoms with van der Waals surface area (Å²) in [5.41, 5.74) is 0.317. The highest BCUT2D eigenvalue weighted by atomic mass is 16.5. The highest BCUT2D eigenvalue weighted by molar-refractivity contribution is 5.81. The van der Waals surface area contributed by atoms with Crippen LogP contribution in [0.2, 0.25) is 0 Å². The summed E-state index contributed by atoms with van der Waals surface area (Å²) in [5.74, 6) is -1.09. The average Bonchev–Trinajstić information content (AvgIpc) is 3.01. The predicted octanol–water partition coefficient (Wildman–Crippen LogP) is 1.20. The Balaban J connectivity index is 1.48. The number of fused-ring (bicyclic) bond motifs is 1. The Morgan fingerprint density at radius 1 is 1.33 bits per heavy atom. The first-order chi connectivity index (χ1) is 11.6. The Labute approximate surface area is 141 Å². The second kappa shape index (κ2) is 7.32. The van der Waals surface area contributed by atoms with Gasteiger partial charge >= 0.3 is 5.97 Å². The van der Waals surface area contributed by atoms with Crippen molar-refractivity contribution >= 4 is 11.9 Å². The summed E-state index contributed by atoms with van der Waals surface area (Å²) in [4.78, 5) is 25.7. The van der Waals surface area contributed by atoms with E-state index < -0.39 is 11.4 Å². The van der Waals surface area contributed by atoms with Gasteiger partial charge < -0.3 is 19.5 Å². The van der Waals surface area contributed by atoms with Gasteiger partial charge in [-0.25, -0.2) is 0 Å². The lowest BCUT2D eigenvalue weighted by Gasteiger charge is -2.33. The molecule has 0 bridgehead atoms. The van der Waals surface area contributed by atoms with Gasteiger partial charge in [0.15, 0.2) is 0 Å². The second-order valence-corrected chi connectivity index (χ2v) is 6.55. The molecule has 1 aromatic carbocycles. The van der Waals surface area contributed by atoms with Gasteiger partial charge in [-0.1, -0.05) is 30.3 Å². The second-order valence-electron chi connectivity index (χ2n) is 6.55. The van der Waals surface area contributed by atoms with Gasteiger partial charge in [-0.05, 0) is 18.4 Å². The standard InChI is InChI=1S/C18H23NO5/c20-16(12-23-8-6-14-4-2-1-3-5-14)19-10-15-11-24-9-7-18(15,13-19)17(21)22/h1-5,15H,6-13H2,(H,21,22)/t15-,18+/m0/s1. The lowest BCUT2D eigenvalue weighted by molar-refractivity contribution is -0.157. The summed E-state index contributed by atoms with van der Waals surface area (Å²) in [6.07, 6.45) is 1.22. The van der Waals surface area contributed by atoms with Crippen molar-refractivity contribution in [3.05, 3.63) is 35.9 Å². The van der Waals surface area contributed by atoms with Crippen molar-refractivity contribution < 1.29 is 24.2 Å². The fourth-order valence-corrected chi connectivity index (χ4v) is 3.57. The van der Waals surface area contributed by atoms with Crippen LogP contribution < -0.4 is 0 Å². The zero-order chi connectivity index (χ0) is 17.0. The number of nitrogens with zero attached hydrogens (tertiary/aromatic N) is 1. The normalized spacial score (nSPS) is 26.2. The number of hydrogen-bond donors (Lipinski definition) is 1. The number of carbonyl (C=O) groups is 2. The van der Waals surface area contributed by atoms with Gasteiger partial charge in [-0.15, -0.1) is 0 Å². The summed E-state index contributed by atoms with van der Waals surface area (Å²) in [6, 6.07) is 9.95. The molecule has 2 heterocycles. The van der Waals surface area contributed by atoms with Crippen LogP contribution >= 0.6 is 0 Å². The Bertz CT molecular complexity index is 590. The molecule has 0 aromatic heterocycles. The first-order valence-electron chi connectivity index (χ1n) is 8.32. The largest absolute Gasteiger partial charge is 0.481 e. The molecule has 1 aromatic rings. The van der Waals surface area contributed by atoms with Crippen LogP contribution in [0.1, 0.15) is 12.0 Å². The van der Waals surface area contributed by atoms with Crippen LogP contribution in [0.15, 0.2) is 30.3 Å². The zero-order valence-electron chi connectivity index (χ0n) is 13.6. The molecule has 3 rings (SSSR count). The Hall–Kier alpha value is -1.92. The predicted molar refractivity (Wildman–Crippen MR) is 86.5 cm³/mol. The van der Waals surface area contributed by atoms with Gasteiger partial charge in [0.25, 0.3) is 0 Å². The van der Waals surface area contributed by atoms with E-state index in [4.69, 9.17) is 9.47 Å². The van der Waals surface area contributed by atoms with E-state index in [1.807, 2.05) is 30.3 Å². The fourth-order valence-electron chi connectivity index (χ4n) is 3.57. The van der Waals surface area contributed by atoms with Gasteiger partial charge in [0.2, 0.25) is 5.91 Å². The molecule has 2 aliphatic heterocycles. The number of likely N-dealkylation sites (tertiary alicyclic amines) is 1. The number of amides is 1. The molecule has 2 atom stereocenters. The van der Waals surface area contributed by atoms with E-state index in [1.165, 1.54) is 5.56 Å². The topological polar surface area (TPSA) is 76.1 Å². The van der Waals surface area contributed by atoms with Gasteiger partial charge in [-0.2, -0.15) is 0 Å². The molecular formula is C18H23NO5. The van der Waals surface area contributed by atoms with E-state index >= 15 is 0 Å². The third kappa shape index (κ3) is 3.44. The maximum Gasteiger partial charge on any atom is 0.311 e. The Morgan fingerprint density at radius 3 is 2.83 bits per heavy atom. The SMILES string of the molecule is O=C(COCCc1ccccc1)N1C[C@H]2COCC[C@@]2(C(=O)O)C1. The molecule has 130 valence electrons. The van der Waals surface area contributed by atoms with Crippen LogP contribution in [0.5, 0.6) is 0 Å². The number of rotatable bonds is 6. The van der Waals surface area contributed by atoms with Crippen LogP contribution in [-0.4, -0.2) is 61.4 Å². The minimum atomic E-state index is -0.849. The first-order valence-corrected chi connectivity index (χ1v) is 8.32. The Morgan fingerprint density at radius 2 is 2.12 bits per heavy atom. The smallest absolute Gasteiger partial charge is 0.311 e. The van der Waals surface area contributed by atoms with Crippen molar-refractivity contribution in [1.29, 1.82) is 0 Å².